The zero-order valence-corrected chi connectivity index (χ0v) is 11.3. The largest absolute Gasteiger partial charge is 0.484 e. The molecule has 0 fully saturated rings. The second-order valence-electron chi connectivity index (χ2n) is 5.52. The van der Waals surface area contributed by atoms with Gasteiger partial charge in [0.15, 0.2) is 6.61 Å². The monoisotopic (exact) mass is 250 g/mol. The maximum atomic E-state index is 11.5. The van der Waals surface area contributed by atoms with E-state index in [1.54, 1.807) is 24.3 Å². The highest BCUT2D eigenvalue weighted by atomic mass is 16.5. The topological polar surface area (TPSA) is 64.3 Å². The summed E-state index contributed by atoms with van der Waals surface area (Å²) in [6.45, 7) is 7.14. The Morgan fingerprint density at radius 3 is 2.44 bits per heavy atom. The van der Waals surface area contributed by atoms with Crippen LogP contribution in [0, 0.1) is 5.41 Å². The molecule has 0 spiro atoms. The maximum Gasteiger partial charge on any atom is 0.257 e. The molecular weight excluding hydrogens is 228 g/mol. The SMILES string of the molecule is CC(C)(C)CCNC(=O)COc1ccc(N)cc1. The van der Waals surface area contributed by atoms with Gasteiger partial charge >= 0.3 is 0 Å². The van der Waals surface area contributed by atoms with Gasteiger partial charge in [-0.2, -0.15) is 0 Å². The van der Waals surface area contributed by atoms with Gasteiger partial charge in [-0.3, -0.25) is 4.79 Å². The van der Waals surface area contributed by atoms with Crippen LogP contribution in [0.3, 0.4) is 0 Å². The van der Waals surface area contributed by atoms with Crippen molar-refractivity contribution in [3.8, 4) is 5.75 Å². The molecule has 0 bridgehead atoms. The Bertz CT molecular complexity index is 380. The molecule has 1 amide bonds. The fraction of sp³-hybridized carbons (Fsp3) is 0.500. The van der Waals surface area contributed by atoms with E-state index >= 15 is 0 Å². The highest BCUT2D eigenvalue weighted by Crippen LogP contribution is 2.17. The van der Waals surface area contributed by atoms with Crippen LogP contribution < -0.4 is 15.8 Å². The number of nitrogens with two attached hydrogens (primary N) is 1. The van der Waals surface area contributed by atoms with E-state index in [1.165, 1.54) is 0 Å². The summed E-state index contributed by atoms with van der Waals surface area (Å²) in [4.78, 5) is 11.5. The predicted molar refractivity (Wildman–Crippen MR) is 73.4 cm³/mol. The predicted octanol–water partition coefficient (Wildman–Crippen LogP) is 2.20. The number of hydrogen-bond donors (Lipinski definition) is 2. The summed E-state index contributed by atoms with van der Waals surface area (Å²) in [5.74, 6) is 0.547. The molecule has 0 heterocycles. The number of anilines is 1. The van der Waals surface area contributed by atoms with Crippen LogP contribution in [0.4, 0.5) is 5.69 Å². The molecule has 4 heteroatoms. The Morgan fingerprint density at radius 2 is 1.89 bits per heavy atom. The summed E-state index contributed by atoms with van der Waals surface area (Å²) in [5.41, 5.74) is 6.46. The van der Waals surface area contributed by atoms with Gasteiger partial charge in [0, 0.05) is 12.2 Å². The van der Waals surface area contributed by atoms with Crippen molar-refractivity contribution in [1.29, 1.82) is 0 Å². The minimum absolute atomic E-state index is 0.0358. The highest BCUT2D eigenvalue weighted by Gasteiger charge is 2.10. The number of carbonyl (C=O) groups excluding carboxylic acids is 1. The zero-order chi connectivity index (χ0) is 13.6. The summed E-state index contributed by atoms with van der Waals surface area (Å²) in [7, 11) is 0. The van der Waals surface area contributed by atoms with Crippen LogP contribution in [-0.2, 0) is 4.79 Å². The number of nitrogen functional groups attached to an aromatic ring is 1. The molecule has 0 aliphatic rings. The van der Waals surface area contributed by atoms with Crippen molar-refractivity contribution in [3.05, 3.63) is 24.3 Å². The molecule has 1 aromatic carbocycles. The number of hydrogen-bond acceptors (Lipinski definition) is 3. The quantitative estimate of drug-likeness (QED) is 0.787. The smallest absolute Gasteiger partial charge is 0.257 e. The van der Waals surface area contributed by atoms with Gasteiger partial charge in [0.1, 0.15) is 5.75 Å². The lowest BCUT2D eigenvalue weighted by Crippen LogP contribution is -2.31. The molecule has 100 valence electrons. The second kappa shape index (κ2) is 6.28. The molecule has 0 aliphatic heterocycles. The van der Waals surface area contributed by atoms with Crippen molar-refractivity contribution < 1.29 is 9.53 Å². The van der Waals surface area contributed by atoms with Gasteiger partial charge < -0.3 is 15.8 Å². The van der Waals surface area contributed by atoms with E-state index in [9.17, 15) is 4.79 Å². The normalized spacial score (nSPS) is 11.1. The van der Waals surface area contributed by atoms with E-state index in [2.05, 4.69) is 26.1 Å². The molecule has 0 aromatic heterocycles. The van der Waals surface area contributed by atoms with Crippen molar-refractivity contribution in [2.45, 2.75) is 27.2 Å². The Hall–Kier alpha value is -1.71. The van der Waals surface area contributed by atoms with E-state index in [1.807, 2.05) is 0 Å². The summed E-state index contributed by atoms with van der Waals surface area (Å²) in [6, 6.07) is 6.98. The molecular formula is C14H22N2O2. The first kappa shape index (κ1) is 14.4. The lowest BCUT2D eigenvalue weighted by molar-refractivity contribution is -0.123. The molecule has 0 atom stereocenters. The van der Waals surface area contributed by atoms with Crippen LogP contribution in [0.15, 0.2) is 24.3 Å². The van der Waals surface area contributed by atoms with E-state index in [0.717, 1.165) is 6.42 Å². The molecule has 0 unspecified atom stereocenters. The van der Waals surface area contributed by atoms with Gasteiger partial charge in [-0.15, -0.1) is 0 Å². The van der Waals surface area contributed by atoms with Crippen LogP contribution in [0.25, 0.3) is 0 Å². The fourth-order valence-corrected chi connectivity index (χ4v) is 1.34. The van der Waals surface area contributed by atoms with Gasteiger partial charge in [0.2, 0.25) is 0 Å². The third-order valence-electron chi connectivity index (χ3n) is 2.45. The van der Waals surface area contributed by atoms with Crippen LogP contribution in [0.1, 0.15) is 27.2 Å². The molecule has 1 rings (SSSR count). The Morgan fingerprint density at radius 1 is 1.28 bits per heavy atom. The van der Waals surface area contributed by atoms with E-state index in [0.29, 0.717) is 18.0 Å². The van der Waals surface area contributed by atoms with Crippen LogP contribution in [0.2, 0.25) is 0 Å². The number of nitrogens with one attached hydrogen (secondary N) is 1. The first-order chi connectivity index (χ1) is 8.37. The third-order valence-corrected chi connectivity index (χ3v) is 2.45. The van der Waals surface area contributed by atoms with E-state index < -0.39 is 0 Å². The second-order valence-corrected chi connectivity index (χ2v) is 5.52. The highest BCUT2D eigenvalue weighted by molar-refractivity contribution is 5.77. The maximum absolute atomic E-state index is 11.5. The molecule has 18 heavy (non-hydrogen) atoms. The minimum atomic E-state index is -0.101. The van der Waals surface area contributed by atoms with E-state index in [4.69, 9.17) is 10.5 Å². The summed E-state index contributed by atoms with van der Waals surface area (Å²) in [6.07, 6.45) is 0.945. The molecule has 0 saturated carbocycles. The summed E-state index contributed by atoms with van der Waals surface area (Å²) >= 11 is 0. The lowest BCUT2D eigenvalue weighted by atomic mass is 9.92. The van der Waals surface area contributed by atoms with Crippen molar-refractivity contribution in [1.82, 2.24) is 5.32 Å². The number of carbonyl (C=O) groups is 1. The van der Waals surface area contributed by atoms with Crippen LogP contribution in [0.5, 0.6) is 5.75 Å². The van der Waals surface area contributed by atoms with Crippen LogP contribution in [-0.4, -0.2) is 19.1 Å². The molecule has 0 aliphatic carbocycles. The van der Waals surface area contributed by atoms with Crippen molar-refractivity contribution in [2.75, 3.05) is 18.9 Å². The number of ether oxygens (including phenoxy) is 1. The van der Waals surface area contributed by atoms with Crippen molar-refractivity contribution >= 4 is 11.6 Å². The Labute approximate surface area is 109 Å². The fourth-order valence-electron chi connectivity index (χ4n) is 1.34. The van der Waals surface area contributed by atoms with E-state index in [-0.39, 0.29) is 17.9 Å². The van der Waals surface area contributed by atoms with Crippen molar-refractivity contribution in [2.24, 2.45) is 5.41 Å². The first-order valence-electron chi connectivity index (χ1n) is 6.12. The van der Waals surface area contributed by atoms with Gasteiger partial charge in [-0.1, -0.05) is 20.8 Å². The molecule has 4 nitrogen and oxygen atoms in total. The number of benzene rings is 1. The lowest BCUT2D eigenvalue weighted by Gasteiger charge is -2.18. The molecule has 0 saturated heterocycles. The summed E-state index contributed by atoms with van der Waals surface area (Å²) in [5, 5.41) is 2.83. The first-order valence-corrected chi connectivity index (χ1v) is 6.12. The van der Waals surface area contributed by atoms with Gasteiger partial charge in [0.05, 0.1) is 0 Å². The average molecular weight is 250 g/mol. The summed E-state index contributed by atoms with van der Waals surface area (Å²) < 4.78 is 5.34. The number of amides is 1. The van der Waals surface area contributed by atoms with Gasteiger partial charge in [0.25, 0.3) is 5.91 Å². The van der Waals surface area contributed by atoms with Gasteiger partial charge in [-0.25, -0.2) is 0 Å². The average Bonchev–Trinajstić information content (AvgIpc) is 2.26. The minimum Gasteiger partial charge on any atom is -0.484 e. The molecule has 0 radical (unpaired) electrons. The van der Waals surface area contributed by atoms with Crippen LogP contribution >= 0.6 is 0 Å². The van der Waals surface area contributed by atoms with Gasteiger partial charge in [-0.05, 0) is 36.1 Å². The number of rotatable bonds is 5. The standard InChI is InChI=1S/C14H22N2O2/c1-14(2,3)8-9-16-13(17)10-18-12-6-4-11(15)5-7-12/h4-7H,8-10,15H2,1-3H3,(H,16,17). The van der Waals surface area contributed by atoms with Crippen molar-refractivity contribution in [3.63, 3.8) is 0 Å². The zero-order valence-electron chi connectivity index (χ0n) is 11.3. The Balaban J connectivity index is 2.23. The molecule has 3 N–H and O–H groups in total. The molecule has 1 aromatic rings. The third kappa shape index (κ3) is 6.13. The Kier molecular flexibility index (Phi) is 5.01.